The van der Waals surface area contributed by atoms with E-state index in [0.29, 0.717) is 38.5 Å². The number of thiophene rings is 1. The number of carbonyl (C=O) groups is 2. The highest BCUT2D eigenvalue weighted by Gasteiger charge is 2.22. The van der Waals surface area contributed by atoms with Crippen molar-refractivity contribution >= 4 is 39.1 Å². The molecule has 0 saturated heterocycles. The fourth-order valence-corrected chi connectivity index (χ4v) is 4.94. The number of fused-ring (bicyclic) bond motifs is 2. The zero-order valence-corrected chi connectivity index (χ0v) is 18.0. The van der Waals surface area contributed by atoms with Gasteiger partial charge in [-0.25, -0.2) is 9.78 Å². The third-order valence-electron chi connectivity index (χ3n) is 5.51. The van der Waals surface area contributed by atoms with Crippen LogP contribution in [0.15, 0.2) is 23.0 Å². The van der Waals surface area contributed by atoms with Crippen LogP contribution >= 0.6 is 11.3 Å². The van der Waals surface area contributed by atoms with Crippen molar-refractivity contribution in [1.29, 1.82) is 0 Å². The Morgan fingerprint density at radius 1 is 1.20 bits per heavy atom. The standard InChI is InChI=1S/C22H23N3O4S/c1-12-11-14(22(28)29-3)8-9-15(12)23-19(26)18-13(2)17-20(30-18)24-16-7-5-4-6-10-25(16)21(17)27/h8-9,11H,4-7,10H2,1-3H3,(H,23,26). The molecule has 1 aliphatic heterocycles. The van der Waals surface area contributed by atoms with E-state index < -0.39 is 5.97 Å². The predicted octanol–water partition coefficient (Wildman–Crippen LogP) is 3.84. The van der Waals surface area contributed by atoms with Gasteiger partial charge in [0.2, 0.25) is 0 Å². The van der Waals surface area contributed by atoms with E-state index in [4.69, 9.17) is 9.72 Å². The van der Waals surface area contributed by atoms with Crippen LogP contribution in [-0.2, 0) is 17.7 Å². The van der Waals surface area contributed by atoms with Crippen LogP contribution in [0.2, 0.25) is 0 Å². The van der Waals surface area contributed by atoms with Crippen molar-refractivity contribution < 1.29 is 14.3 Å². The normalized spacial score (nSPS) is 13.6. The van der Waals surface area contributed by atoms with Gasteiger partial charge in [0.05, 0.1) is 22.9 Å². The molecule has 0 fully saturated rings. The van der Waals surface area contributed by atoms with Crippen LogP contribution in [0, 0.1) is 13.8 Å². The van der Waals surface area contributed by atoms with E-state index in [1.807, 2.05) is 6.92 Å². The Balaban J connectivity index is 1.69. The maximum atomic E-state index is 13.1. The van der Waals surface area contributed by atoms with Crippen LogP contribution in [0.5, 0.6) is 0 Å². The molecule has 0 bridgehead atoms. The van der Waals surface area contributed by atoms with Crippen LogP contribution < -0.4 is 10.9 Å². The second kappa shape index (κ2) is 8.02. The number of carbonyl (C=O) groups excluding carboxylic acids is 2. The first kappa shape index (κ1) is 20.3. The molecule has 1 aromatic carbocycles. The molecule has 3 heterocycles. The van der Waals surface area contributed by atoms with Crippen molar-refractivity contribution in [2.45, 2.75) is 46.1 Å². The summed E-state index contributed by atoms with van der Waals surface area (Å²) in [6.07, 6.45) is 3.88. The lowest BCUT2D eigenvalue weighted by Gasteiger charge is -2.09. The quantitative estimate of drug-likeness (QED) is 0.644. The van der Waals surface area contributed by atoms with Crippen molar-refractivity contribution in [2.75, 3.05) is 12.4 Å². The van der Waals surface area contributed by atoms with E-state index in [9.17, 15) is 14.4 Å². The molecule has 8 heteroatoms. The van der Waals surface area contributed by atoms with Gasteiger partial charge in [-0.05, 0) is 56.0 Å². The zero-order valence-electron chi connectivity index (χ0n) is 17.2. The number of methoxy groups -OCH3 is 1. The summed E-state index contributed by atoms with van der Waals surface area (Å²) in [5.74, 6) is 0.0964. The molecule has 0 atom stereocenters. The number of nitrogens with zero attached hydrogens (tertiary/aromatic N) is 2. The molecule has 30 heavy (non-hydrogen) atoms. The number of aryl methyl sites for hydroxylation is 3. The molecule has 1 aliphatic rings. The smallest absolute Gasteiger partial charge is 0.337 e. The Morgan fingerprint density at radius 2 is 2.00 bits per heavy atom. The Labute approximate surface area is 177 Å². The summed E-state index contributed by atoms with van der Waals surface area (Å²) in [6.45, 7) is 4.29. The van der Waals surface area contributed by atoms with Gasteiger partial charge in [-0.15, -0.1) is 11.3 Å². The molecule has 4 rings (SSSR count). The first-order valence-corrected chi connectivity index (χ1v) is 10.8. The Bertz CT molecular complexity index is 1230. The molecule has 0 aliphatic carbocycles. The van der Waals surface area contributed by atoms with E-state index in [2.05, 4.69) is 5.32 Å². The highest BCUT2D eigenvalue weighted by atomic mass is 32.1. The Kier molecular flexibility index (Phi) is 5.42. The van der Waals surface area contributed by atoms with E-state index in [1.165, 1.54) is 18.4 Å². The van der Waals surface area contributed by atoms with Crippen molar-refractivity contribution in [2.24, 2.45) is 0 Å². The number of rotatable bonds is 3. The molecule has 1 N–H and O–H groups in total. The molecular formula is C22H23N3O4S. The van der Waals surface area contributed by atoms with Crippen LogP contribution in [0.25, 0.3) is 10.2 Å². The topological polar surface area (TPSA) is 90.3 Å². The number of ether oxygens (including phenoxy) is 1. The molecule has 156 valence electrons. The highest BCUT2D eigenvalue weighted by molar-refractivity contribution is 7.20. The number of esters is 1. The first-order chi connectivity index (χ1) is 14.4. The molecule has 0 saturated carbocycles. The lowest BCUT2D eigenvalue weighted by molar-refractivity contribution is 0.0600. The maximum Gasteiger partial charge on any atom is 0.337 e. The zero-order chi connectivity index (χ0) is 21.4. The van der Waals surface area contributed by atoms with Crippen molar-refractivity contribution in [3.05, 3.63) is 55.9 Å². The first-order valence-electron chi connectivity index (χ1n) is 9.94. The summed E-state index contributed by atoms with van der Waals surface area (Å²) >= 11 is 1.25. The highest BCUT2D eigenvalue weighted by Crippen LogP contribution is 2.29. The minimum absolute atomic E-state index is 0.0525. The van der Waals surface area contributed by atoms with E-state index in [0.717, 1.165) is 37.1 Å². The minimum Gasteiger partial charge on any atom is -0.465 e. The molecule has 1 amide bonds. The van der Waals surface area contributed by atoms with Gasteiger partial charge < -0.3 is 10.1 Å². The van der Waals surface area contributed by atoms with Gasteiger partial charge in [-0.3, -0.25) is 14.2 Å². The fourth-order valence-electron chi connectivity index (χ4n) is 3.85. The third-order valence-corrected chi connectivity index (χ3v) is 6.70. The van der Waals surface area contributed by atoms with Crippen LogP contribution in [0.1, 0.15) is 56.2 Å². The monoisotopic (exact) mass is 425 g/mol. The lowest BCUT2D eigenvalue weighted by atomic mass is 10.1. The molecular weight excluding hydrogens is 402 g/mol. The van der Waals surface area contributed by atoms with Gasteiger partial charge >= 0.3 is 5.97 Å². The molecule has 0 radical (unpaired) electrons. The van der Waals surface area contributed by atoms with Gasteiger partial charge in [0.15, 0.2) is 0 Å². The van der Waals surface area contributed by atoms with Gasteiger partial charge in [-0.1, -0.05) is 6.42 Å². The molecule has 0 spiro atoms. The van der Waals surface area contributed by atoms with E-state index in [1.54, 1.807) is 29.7 Å². The molecule has 3 aromatic rings. The summed E-state index contributed by atoms with van der Waals surface area (Å²) in [5, 5.41) is 3.43. The number of aromatic nitrogens is 2. The van der Waals surface area contributed by atoms with Gasteiger partial charge in [0.25, 0.3) is 11.5 Å². The SMILES string of the molecule is COC(=O)c1ccc(NC(=O)c2sc3nc4n(c(=O)c3c2C)CCCCC4)c(C)c1. The third kappa shape index (κ3) is 3.52. The Hall–Kier alpha value is -3.00. The number of hydrogen-bond acceptors (Lipinski definition) is 6. The largest absolute Gasteiger partial charge is 0.465 e. The predicted molar refractivity (Wildman–Crippen MR) is 117 cm³/mol. The number of nitrogens with one attached hydrogen (secondary N) is 1. The summed E-state index contributed by atoms with van der Waals surface area (Å²) in [6, 6.07) is 4.96. The van der Waals surface area contributed by atoms with Crippen molar-refractivity contribution in [3.8, 4) is 0 Å². The number of amides is 1. The van der Waals surface area contributed by atoms with E-state index >= 15 is 0 Å². The van der Waals surface area contributed by atoms with Crippen LogP contribution in [0.3, 0.4) is 0 Å². The maximum absolute atomic E-state index is 13.1. The molecule has 7 nitrogen and oxygen atoms in total. The summed E-state index contributed by atoms with van der Waals surface area (Å²) in [5.41, 5.74) is 2.38. The summed E-state index contributed by atoms with van der Waals surface area (Å²) in [4.78, 5) is 43.6. The number of anilines is 1. The molecule has 0 unspecified atom stereocenters. The van der Waals surface area contributed by atoms with E-state index in [-0.39, 0.29) is 11.5 Å². The average Bonchev–Trinajstić information content (AvgIpc) is 2.89. The second-order valence-electron chi connectivity index (χ2n) is 7.51. The van der Waals surface area contributed by atoms with Gasteiger partial charge in [0, 0.05) is 18.7 Å². The Morgan fingerprint density at radius 3 is 2.73 bits per heavy atom. The average molecular weight is 426 g/mol. The van der Waals surface area contributed by atoms with Gasteiger partial charge in [0.1, 0.15) is 10.7 Å². The van der Waals surface area contributed by atoms with Crippen molar-refractivity contribution in [3.63, 3.8) is 0 Å². The number of hydrogen-bond donors (Lipinski definition) is 1. The van der Waals surface area contributed by atoms with Gasteiger partial charge in [-0.2, -0.15) is 0 Å². The number of benzene rings is 1. The molecule has 2 aromatic heterocycles. The van der Waals surface area contributed by atoms with Crippen LogP contribution in [0.4, 0.5) is 5.69 Å². The lowest BCUT2D eigenvalue weighted by Crippen LogP contribution is -2.24. The second-order valence-corrected chi connectivity index (χ2v) is 8.51. The van der Waals surface area contributed by atoms with Crippen molar-refractivity contribution in [1.82, 2.24) is 9.55 Å². The fraction of sp³-hybridized carbons (Fsp3) is 0.364. The van der Waals surface area contributed by atoms with Crippen LogP contribution in [-0.4, -0.2) is 28.5 Å². The minimum atomic E-state index is -0.428. The summed E-state index contributed by atoms with van der Waals surface area (Å²) in [7, 11) is 1.33. The summed E-state index contributed by atoms with van der Waals surface area (Å²) < 4.78 is 6.50.